The fourth-order valence-electron chi connectivity index (χ4n) is 3.87. The molecule has 0 radical (unpaired) electrons. The molecule has 0 aliphatic carbocycles. The van der Waals surface area contributed by atoms with Crippen LogP contribution in [-0.4, -0.2) is 32.3 Å². The third kappa shape index (κ3) is 5.78. The lowest BCUT2D eigenvalue weighted by atomic mass is 10.1. The first-order chi connectivity index (χ1) is 18.1. The van der Waals surface area contributed by atoms with E-state index in [0.717, 1.165) is 22.4 Å². The van der Waals surface area contributed by atoms with E-state index < -0.39 is 0 Å². The number of aryl methyl sites for hydroxylation is 1. The minimum Gasteiger partial charge on any atom is -0.471 e. The number of carbonyl (C=O) groups excluding carboxylic acids is 1. The van der Waals surface area contributed by atoms with Crippen LogP contribution in [0.1, 0.15) is 29.5 Å². The Morgan fingerprint density at radius 2 is 1.95 bits per heavy atom. The Hall–Kier alpha value is -4.66. The Morgan fingerprint density at radius 3 is 2.68 bits per heavy atom. The highest BCUT2D eigenvalue weighted by Gasteiger charge is 2.16. The molecule has 0 saturated heterocycles. The molecule has 0 fully saturated rings. The van der Waals surface area contributed by atoms with Crippen LogP contribution < -0.4 is 4.74 Å². The first-order valence-corrected chi connectivity index (χ1v) is 11.9. The molecular weight excluding hydrogens is 472 g/mol. The third-order valence-corrected chi connectivity index (χ3v) is 5.65. The maximum Gasteiger partial charge on any atom is 0.310 e. The summed E-state index contributed by atoms with van der Waals surface area (Å²) in [6.07, 6.45) is 5.36. The SMILES string of the molecule is CCOC(=O)Cc1cn(Cc2ccc(OCc3nc(-c4ccco4)oc3C)nc2)nc1-c1ccccc1. The molecular formula is C28H26N4O5. The standard InChI is InChI=1S/C28H26N4O5/c1-3-34-26(33)14-22-17-32(31-27(22)21-8-5-4-6-9-21)16-20-11-12-25(29-15-20)36-18-23-19(2)37-28(30-23)24-10-7-13-35-24/h4-13,15,17H,3,14,16,18H2,1-2H3. The summed E-state index contributed by atoms with van der Waals surface area (Å²) < 4.78 is 23.8. The molecule has 1 aromatic carbocycles. The van der Waals surface area contributed by atoms with Gasteiger partial charge in [0, 0.05) is 29.6 Å². The number of hydrogen-bond donors (Lipinski definition) is 0. The lowest BCUT2D eigenvalue weighted by Gasteiger charge is -2.05. The first-order valence-electron chi connectivity index (χ1n) is 11.9. The number of nitrogens with zero attached hydrogens (tertiary/aromatic N) is 4. The van der Waals surface area contributed by atoms with Crippen molar-refractivity contribution in [1.82, 2.24) is 19.7 Å². The van der Waals surface area contributed by atoms with Gasteiger partial charge in [0.2, 0.25) is 5.88 Å². The molecule has 0 N–H and O–H groups in total. The second-order valence-electron chi connectivity index (χ2n) is 8.34. The zero-order valence-corrected chi connectivity index (χ0v) is 20.6. The van der Waals surface area contributed by atoms with Gasteiger partial charge in [-0.25, -0.2) is 9.97 Å². The normalized spacial score (nSPS) is 11.0. The number of hydrogen-bond acceptors (Lipinski definition) is 8. The molecule has 4 heterocycles. The summed E-state index contributed by atoms with van der Waals surface area (Å²) in [6, 6.07) is 17.1. The van der Waals surface area contributed by atoms with Crippen molar-refractivity contribution in [2.45, 2.75) is 33.4 Å². The largest absolute Gasteiger partial charge is 0.471 e. The van der Waals surface area contributed by atoms with Crippen LogP contribution in [0.5, 0.6) is 5.88 Å². The molecule has 0 saturated carbocycles. The number of rotatable bonds is 10. The van der Waals surface area contributed by atoms with Crippen molar-refractivity contribution in [3.05, 3.63) is 95.8 Å². The van der Waals surface area contributed by atoms with E-state index in [1.807, 2.05) is 54.2 Å². The van der Waals surface area contributed by atoms with Crippen LogP contribution in [0.25, 0.3) is 22.9 Å². The Kier molecular flexibility index (Phi) is 7.12. The van der Waals surface area contributed by atoms with E-state index >= 15 is 0 Å². The first kappa shape index (κ1) is 24.1. The van der Waals surface area contributed by atoms with Crippen molar-refractivity contribution >= 4 is 5.97 Å². The summed E-state index contributed by atoms with van der Waals surface area (Å²) >= 11 is 0. The van der Waals surface area contributed by atoms with Crippen LogP contribution >= 0.6 is 0 Å². The lowest BCUT2D eigenvalue weighted by molar-refractivity contribution is -0.142. The molecule has 188 valence electrons. The fourth-order valence-corrected chi connectivity index (χ4v) is 3.87. The molecule has 9 nitrogen and oxygen atoms in total. The molecule has 0 amide bonds. The quantitative estimate of drug-likeness (QED) is 0.241. The smallest absolute Gasteiger partial charge is 0.310 e. The van der Waals surface area contributed by atoms with Crippen LogP contribution in [0.15, 0.2) is 82.1 Å². The van der Waals surface area contributed by atoms with E-state index in [4.69, 9.17) is 23.4 Å². The molecule has 0 unspecified atom stereocenters. The van der Waals surface area contributed by atoms with E-state index in [0.29, 0.717) is 42.1 Å². The summed E-state index contributed by atoms with van der Waals surface area (Å²) in [5.41, 5.74) is 4.14. The lowest BCUT2D eigenvalue weighted by Crippen LogP contribution is -2.07. The molecule has 0 aliphatic heterocycles. The third-order valence-electron chi connectivity index (χ3n) is 5.65. The molecule has 9 heteroatoms. The molecule has 5 aromatic rings. The molecule has 0 aliphatic rings. The highest BCUT2D eigenvalue weighted by atomic mass is 16.5. The van der Waals surface area contributed by atoms with E-state index in [1.54, 1.807) is 37.6 Å². The van der Waals surface area contributed by atoms with Gasteiger partial charge in [-0.1, -0.05) is 36.4 Å². The van der Waals surface area contributed by atoms with Crippen LogP contribution in [0.3, 0.4) is 0 Å². The Balaban J connectivity index is 1.26. The topological polar surface area (TPSA) is 105 Å². The van der Waals surface area contributed by atoms with E-state index in [2.05, 4.69) is 9.97 Å². The van der Waals surface area contributed by atoms with Crippen LogP contribution in [0, 0.1) is 6.92 Å². The predicted octanol–water partition coefficient (Wildman–Crippen LogP) is 5.23. The number of furan rings is 1. The number of pyridine rings is 1. The molecule has 0 atom stereocenters. The van der Waals surface area contributed by atoms with Crippen molar-refractivity contribution in [2.75, 3.05) is 6.61 Å². The maximum absolute atomic E-state index is 12.1. The van der Waals surface area contributed by atoms with Gasteiger partial charge in [-0.15, -0.1) is 0 Å². The molecule has 0 bridgehead atoms. The number of aromatic nitrogens is 4. The Bertz CT molecular complexity index is 1450. The van der Waals surface area contributed by atoms with Gasteiger partial charge in [0.25, 0.3) is 5.89 Å². The number of benzene rings is 1. The summed E-state index contributed by atoms with van der Waals surface area (Å²) in [5.74, 6) is 1.84. The summed E-state index contributed by atoms with van der Waals surface area (Å²) in [6.45, 7) is 4.68. The summed E-state index contributed by atoms with van der Waals surface area (Å²) in [4.78, 5) is 21.0. The van der Waals surface area contributed by atoms with Gasteiger partial charge in [-0.05, 0) is 31.5 Å². The second kappa shape index (κ2) is 10.9. The van der Waals surface area contributed by atoms with Crippen molar-refractivity contribution in [3.63, 3.8) is 0 Å². The zero-order chi connectivity index (χ0) is 25.6. The fraction of sp³-hybridized carbons (Fsp3) is 0.214. The van der Waals surface area contributed by atoms with Gasteiger partial charge in [-0.3, -0.25) is 9.48 Å². The van der Waals surface area contributed by atoms with Crippen molar-refractivity contribution in [3.8, 4) is 28.8 Å². The number of ether oxygens (including phenoxy) is 2. The molecule has 0 spiro atoms. The van der Waals surface area contributed by atoms with Gasteiger partial charge in [0.15, 0.2) is 5.76 Å². The van der Waals surface area contributed by atoms with Crippen LogP contribution in [0.2, 0.25) is 0 Å². The minimum absolute atomic E-state index is 0.159. The van der Waals surface area contributed by atoms with Crippen LogP contribution in [0.4, 0.5) is 0 Å². The van der Waals surface area contributed by atoms with E-state index in [-0.39, 0.29) is 19.0 Å². The molecule has 5 rings (SSSR count). The van der Waals surface area contributed by atoms with Gasteiger partial charge in [0.1, 0.15) is 18.1 Å². The van der Waals surface area contributed by atoms with Gasteiger partial charge in [0.05, 0.1) is 31.5 Å². The average Bonchev–Trinajstić information content (AvgIpc) is 3.65. The second-order valence-corrected chi connectivity index (χ2v) is 8.34. The number of carbonyl (C=O) groups is 1. The minimum atomic E-state index is -0.277. The summed E-state index contributed by atoms with van der Waals surface area (Å²) in [5, 5.41) is 4.74. The highest BCUT2D eigenvalue weighted by Crippen LogP contribution is 2.24. The monoisotopic (exact) mass is 498 g/mol. The highest BCUT2D eigenvalue weighted by molar-refractivity contribution is 5.76. The predicted molar refractivity (Wildman–Crippen MR) is 135 cm³/mol. The average molecular weight is 499 g/mol. The number of esters is 1. The molecule has 4 aromatic heterocycles. The zero-order valence-electron chi connectivity index (χ0n) is 20.6. The molecule has 37 heavy (non-hydrogen) atoms. The van der Waals surface area contributed by atoms with Crippen molar-refractivity contribution in [1.29, 1.82) is 0 Å². The van der Waals surface area contributed by atoms with E-state index in [1.165, 1.54) is 0 Å². The van der Waals surface area contributed by atoms with Gasteiger partial charge >= 0.3 is 5.97 Å². The van der Waals surface area contributed by atoms with Crippen molar-refractivity contribution in [2.24, 2.45) is 0 Å². The van der Waals surface area contributed by atoms with Gasteiger partial charge in [-0.2, -0.15) is 5.10 Å². The number of oxazole rings is 1. The van der Waals surface area contributed by atoms with Crippen LogP contribution in [-0.2, 0) is 29.1 Å². The van der Waals surface area contributed by atoms with Crippen molar-refractivity contribution < 1.29 is 23.1 Å². The van der Waals surface area contributed by atoms with E-state index in [9.17, 15) is 4.79 Å². The maximum atomic E-state index is 12.1. The van der Waals surface area contributed by atoms with Gasteiger partial charge < -0.3 is 18.3 Å². The summed E-state index contributed by atoms with van der Waals surface area (Å²) in [7, 11) is 0. The Morgan fingerprint density at radius 1 is 1.08 bits per heavy atom. The Labute approximate surface area is 213 Å².